The normalized spacial score (nSPS) is 23.8. The van der Waals surface area contributed by atoms with Gasteiger partial charge in [-0.2, -0.15) is 0 Å². The van der Waals surface area contributed by atoms with Crippen molar-refractivity contribution in [2.24, 2.45) is 5.92 Å². The molecule has 0 amide bonds. The van der Waals surface area contributed by atoms with E-state index in [0.717, 1.165) is 27.9 Å². The van der Waals surface area contributed by atoms with E-state index in [0.29, 0.717) is 21.1 Å². The number of pyridine rings is 1. The average molecular weight is 481 g/mol. The number of imidazole rings is 1. The molecule has 0 saturated carbocycles. The molecule has 2 N–H and O–H groups in total. The van der Waals surface area contributed by atoms with Crippen molar-refractivity contribution in [1.82, 2.24) is 19.9 Å². The zero-order valence-electron chi connectivity index (χ0n) is 16.4. The predicted octanol–water partition coefficient (Wildman–Crippen LogP) is 3.30. The topological polar surface area (TPSA) is 64.8 Å². The zero-order chi connectivity index (χ0) is 20.2. The van der Waals surface area contributed by atoms with Gasteiger partial charge in [-0.15, -0.1) is 0 Å². The summed E-state index contributed by atoms with van der Waals surface area (Å²) < 4.78 is 1.87. The maximum absolute atomic E-state index is 13.3. The van der Waals surface area contributed by atoms with Crippen LogP contribution in [0.2, 0.25) is 9.73 Å². The Kier molecular flexibility index (Phi) is 4.52. The molecule has 0 radical (unpaired) electrons. The molecule has 7 rings (SSSR count). The number of H-pyrrole nitrogens is 2. The molecular formula is C23H22AsClN4O. The van der Waals surface area contributed by atoms with E-state index < -0.39 is 15.8 Å². The second kappa shape index (κ2) is 7.26. The van der Waals surface area contributed by atoms with Gasteiger partial charge in [-0.05, 0) is 0 Å². The van der Waals surface area contributed by atoms with Gasteiger partial charge >= 0.3 is 186 Å². The summed E-state index contributed by atoms with van der Waals surface area (Å²) in [4.78, 5) is 27.1. The Morgan fingerprint density at radius 2 is 1.90 bits per heavy atom. The Hall–Kier alpha value is -2.07. The number of hydrogen-bond donors (Lipinski definition) is 2. The Bertz CT molecular complexity index is 1290. The van der Waals surface area contributed by atoms with Crippen LogP contribution in [0.15, 0.2) is 47.3 Å². The molecule has 0 spiro atoms. The first-order valence-corrected chi connectivity index (χ1v) is 13.1. The van der Waals surface area contributed by atoms with Gasteiger partial charge in [0.2, 0.25) is 0 Å². The standard InChI is InChI=1S/C23H22AsClN4O/c25-14-5-6-17-15(11-14)21(24-16-12-29-9-7-13(16)8-10-29)20(23(30)28-17)22-26-18-3-1-2-4-19(18)27-22/h1-6,11,13,16,24H,7-10,12H2,(H,26,27)(H,28,30)/t16-/m1/s1. The van der Waals surface area contributed by atoms with Gasteiger partial charge in [0.15, 0.2) is 0 Å². The Morgan fingerprint density at radius 3 is 2.67 bits per heavy atom. The van der Waals surface area contributed by atoms with E-state index in [4.69, 9.17) is 16.6 Å². The molecule has 5 nitrogen and oxygen atoms in total. The fourth-order valence-corrected chi connectivity index (χ4v) is 9.45. The average Bonchev–Trinajstić information content (AvgIpc) is 3.19. The van der Waals surface area contributed by atoms with Crippen molar-refractivity contribution in [1.29, 1.82) is 0 Å². The molecule has 3 saturated heterocycles. The van der Waals surface area contributed by atoms with Crippen LogP contribution in [0, 0.1) is 5.92 Å². The van der Waals surface area contributed by atoms with Crippen molar-refractivity contribution in [2.45, 2.75) is 17.5 Å². The van der Waals surface area contributed by atoms with E-state index in [2.05, 4.69) is 14.9 Å². The first kappa shape index (κ1) is 18.7. The van der Waals surface area contributed by atoms with Crippen LogP contribution in [0.4, 0.5) is 0 Å². The van der Waals surface area contributed by atoms with Crippen molar-refractivity contribution in [2.75, 3.05) is 19.6 Å². The molecule has 30 heavy (non-hydrogen) atoms. The third-order valence-electron chi connectivity index (χ3n) is 6.59. The van der Waals surface area contributed by atoms with Crippen LogP contribution in [0.25, 0.3) is 33.3 Å². The molecule has 4 aromatic rings. The van der Waals surface area contributed by atoms with Gasteiger partial charge in [-0.1, -0.05) is 0 Å². The number of halogens is 1. The van der Waals surface area contributed by atoms with Crippen LogP contribution in [0.5, 0.6) is 0 Å². The number of hydrogen-bond acceptors (Lipinski definition) is 3. The van der Waals surface area contributed by atoms with Crippen molar-refractivity contribution in [3.05, 3.63) is 57.8 Å². The van der Waals surface area contributed by atoms with Crippen LogP contribution < -0.4 is 9.91 Å². The van der Waals surface area contributed by atoms with Gasteiger partial charge in [-0.3, -0.25) is 0 Å². The Balaban J connectivity index is 1.56. The third kappa shape index (κ3) is 3.11. The minimum absolute atomic E-state index is 0.0658. The van der Waals surface area contributed by atoms with E-state index in [1.807, 2.05) is 42.5 Å². The molecule has 0 aliphatic carbocycles. The van der Waals surface area contributed by atoms with Crippen LogP contribution in [0.1, 0.15) is 12.8 Å². The molecule has 2 bridgehead atoms. The molecule has 1 unspecified atom stereocenters. The first-order chi connectivity index (χ1) is 14.7. The molecule has 7 heteroatoms. The summed E-state index contributed by atoms with van der Waals surface area (Å²) in [6.45, 7) is 3.62. The maximum atomic E-state index is 13.3. The fraction of sp³-hybridized carbons (Fsp3) is 0.304. The molecule has 2 atom stereocenters. The zero-order valence-corrected chi connectivity index (χ0v) is 19.3. The van der Waals surface area contributed by atoms with Crippen LogP contribution in [0.3, 0.4) is 0 Å². The van der Waals surface area contributed by atoms with Crippen molar-refractivity contribution >= 4 is 53.6 Å². The van der Waals surface area contributed by atoms with E-state index in [1.165, 1.54) is 36.8 Å². The molecular weight excluding hydrogens is 459 g/mol. The van der Waals surface area contributed by atoms with Crippen molar-refractivity contribution in [3.63, 3.8) is 0 Å². The minimum atomic E-state index is -0.573. The molecule has 152 valence electrons. The number of nitrogens with one attached hydrogen (secondary N) is 2. The number of aromatic amines is 2. The number of piperidine rings is 3. The van der Waals surface area contributed by atoms with Crippen LogP contribution in [-0.4, -0.2) is 55.2 Å². The second-order valence-corrected chi connectivity index (χ2v) is 12.0. The number of aromatic nitrogens is 3. The summed E-state index contributed by atoms with van der Waals surface area (Å²) in [6, 6.07) is 13.7. The van der Waals surface area contributed by atoms with Gasteiger partial charge < -0.3 is 0 Å². The fourth-order valence-electron chi connectivity index (χ4n) is 5.03. The SMILES string of the molecule is O=c1[nH]c2ccc(Cl)cc2c([AsH][C@@H]2CN3CCC2CC3)c1-c1nc2ccccc2[nH]1. The van der Waals surface area contributed by atoms with E-state index in [-0.39, 0.29) is 5.56 Å². The summed E-state index contributed by atoms with van der Waals surface area (Å²) in [5.74, 6) is 1.45. The summed E-state index contributed by atoms with van der Waals surface area (Å²) in [7, 11) is 0. The Labute approximate surface area is 185 Å². The van der Waals surface area contributed by atoms with E-state index >= 15 is 0 Å². The summed E-state index contributed by atoms with van der Waals surface area (Å²) in [5.41, 5.74) is 3.34. The third-order valence-corrected chi connectivity index (χ3v) is 10.7. The molecule has 5 heterocycles. The van der Waals surface area contributed by atoms with Crippen LogP contribution >= 0.6 is 11.6 Å². The number of para-hydroxylation sites is 2. The van der Waals surface area contributed by atoms with E-state index in [1.54, 1.807) is 0 Å². The van der Waals surface area contributed by atoms with Gasteiger partial charge in [-0.25, -0.2) is 0 Å². The first-order valence-electron chi connectivity index (χ1n) is 10.5. The molecule has 2 aromatic heterocycles. The molecule has 2 aromatic carbocycles. The van der Waals surface area contributed by atoms with Crippen molar-refractivity contribution in [3.8, 4) is 11.4 Å². The number of rotatable bonds is 3. The number of nitrogens with zero attached hydrogens (tertiary/aromatic N) is 2. The summed E-state index contributed by atoms with van der Waals surface area (Å²) in [5, 5.41) is 1.78. The van der Waals surface area contributed by atoms with Crippen molar-refractivity contribution < 1.29 is 0 Å². The monoisotopic (exact) mass is 480 g/mol. The quantitative estimate of drug-likeness (QED) is 0.442. The van der Waals surface area contributed by atoms with Gasteiger partial charge in [0.1, 0.15) is 0 Å². The summed E-state index contributed by atoms with van der Waals surface area (Å²) in [6.07, 6.45) is 2.58. The van der Waals surface area contributed by atoms with Crippen LogP contribution in [-0.2, 0) is 0 Å². The molecule has 3 fully saturated rings. The number of benzene rings is 2. The Morgan fingerprint density at radius 1 is 1.07 bits per heavy atom. The second-order valence-electron chi connectivity index (χ2n) is 8.39. The van der Waals surface area contributed by atoms with Gasteiger partial charge in [0.25, 0.3) is 0 Å². The summed E-state index contributed by atoms with van der Waals surface area (Å²) >= 11 is 5.82. The van der Waals surface area contributed by atoms with Gasteiger partial charge in [0.05, 0.1) is 0 Å². The molecule has 3 aliphatic rings. The van der Waals surface area contributed by atoms with E-state index in [9.17, 15) is 4.79 Å². The van der Waals surface area contributed by atoms with Gasteiger partial charge in [0, 0.05) is 0 Å². The number of fused-ring (bicyclic) bond motifs is 5. The predicted molar refractivity (Wildman–Crippen MR) is 124 cm³/mol. The molecule has 3 aliphatic heterocycles.